The minimum atomic E-state index is 0.116. The molecule has 0 amide bonds. The summed E-state index contributed by atoms with van der Waals surface area (Å²) in [5, 5.41) is 0. The van der Waals surface area contributed by atoms with E-state index < -0.39 is 0 Å². The van der Waals surface area contributed by atoms with E-state index in [1.54, 1.807) is 0 Å². The molecule has 0 saturated carbocycles. The normalized spacial score (nSPS) is 20.2. The first-order chi connectivity index (χ1) is 8.16. The zero-order valence-corrected chi connectivity index (χ0v) is 10.7. The van der Waals surface area contributed by atoms with Gasteiger partial charge in [0.2, 0.25) is 0 Å². The molecule has 2 rings (SSSR count). The van der Waals surface area contributed by atoms with E-state index in [2.05, 4.69) is 32.0 Å². The van der Waals surface area contributed by atoms with Crippen molar-refractivity contribution >= 4 is 5.78 Å². The monoisotopic (exact) mass is 232 g/mol. The van der Waals surface area contributed by atoms with E-state index in [1.165, 1.54) is 11.1 Å². The minimum absolute atomic E-state index is 0.116. The number of Topliss-reactive ketones (excluding diaryl/α,β-unsaturated/α-hetero) is 1. The third kappa shape index (κ3) is 3.16. The van der Waals surface area contributed by atoms with Gasteiger partial charge in [0.25, 0.3) is 0 Å². The summed E-state index contributed by atoms with van der Waals surface area (Å²) < 4.78 is 5.36. The summed E-state index contributed by atoms with van der Waals surface area (Å²) in [5.41, 5.74) is 3.67. The van der Waals surface area contributed by atoms with Crippen LogP contribution in [0.15, 0.2) is 18.2 Å². The quantitative estimate of drug-likeness (QED) is 0.801. The zero-order chi connectivity index (χ0) is 12.3. The van der Waals surface area contributed by atoms with Crippen LogP contribution in [-0.4, -0.2) is 19.0 Å². The molecule has 1 aliphatic rings. The van der Waals surface area contributed by atoms with Gasteiger partial charge in [-0.15, -0.1) is 0 Å². The Bertz CT molecular complexity index is 403. The predicted octanol–water partition coefficient (Wildman–Crippen LogP) is 2.84. The van der Waals surface area contributed by atoms with E-state index in [0.717, 1.165) is 25.0 Å². The highest BCUT2D eigenvalue weighted by Gasteiger charge is 2.21. The van der Waals surface area contributed by atoms with Gasteiger partial charge >= 0.3 is 0 Å². The lowest BCUT2D eigenvalue weighted by Crippen LogP contribution is -2.26. The maximum absolute atomic E-state index is 12.1. The predicted molar refractivity (Wildman–Crippen MR) is 68.2 cm³/mol. The number of carbonyl (C=O) groups is 1. The molecule has 1 aromatic carbocycles. The maximum atomic E-state index is 12.1. The second kappa shape index (κ2) is 5.46. The zero-order valence-electron chi connectivity index (χ0n) is 10.7. The summed E-state index contributed by atoms with van der Waals surface area (Å²) in [6.45, 7) is 5.61. The average Bonchev–Trinajstić information content (AvgIpc) is 2.35. The number of ketones is 1. The summed E-state index contributed by atoms with van der Waals surface area (Å²) >= 11 is 0. The van der Waals surface area contributed by atoms with E-state index in [9.17, 15) is 4.79 Å². The van der Waals surface area contributed by atoms with Gasteiger partial charge < -0.3 is 4.74 Å². The Morgan fingerprint density at radius 1 is 1.35 bits per heavy atom. The lowest BCUT2D eigenvalue weighted by molar-refractivity contribution is -0.126. The SMILES string of the molecule is Cc1ccc(CC(=O)C2CCCOC2)cc1C. The number of ether oxygens (including phenoxy) is 1. The third-order valence-electron chi connectivity index (χ3n) is 3.57. The molecular weight excluding hydrogens is 212 g/mol. The lowest BCUT2D eigenvalue weighted by Gasteiger charge is -2.20. The fourth-order valence-electron chi connectivity index (χ4n) is 2.25. The molecule has 1 atom stereocenters. The first-order valence-corrected chi connectivity index (χ1v) is 6.33. The van der Waals surface area contributed by atoms with E-state index in [1.807, 2.05) is 0 Å². The Hall–Kier alpha value is -1.15. The van der Waals surface area contributed by atoms with Crippen molar-refractivity contribution in [2.45, 2.75) is 33.1 Å². The molecular formula is C15H20O2. The molecule has 2 heteroatoms. The Morgan fingerprint density at radius 3 is 2.82 bits per heavy atom. The molecule has 92 valence electrons. The largest absolute Gasteiger partial charge is 0.381 e. The third-order valence-corrected chi connectivity index (χ3v) is 3.57. The summed E-state index contributed by atoms with van der Waals surface area (Å²) in [6, 6.07) is 6.27. The molecule has 1 aliphatic heterocycles. The molecule has 0 radical (unpaired) electrons. The number of benzene rings is 1. The van der Waals surface area contributed by atoms with Crippen LogP contribution in [-0.2, 0) is 16.0 Å². The second-order valence-corrected chi connectivity index (χ2v) is 4.98. The van der Waals surface area contributed by atoms with E-state index >= 15 is 0 Å². The van der Waals surface area contributed by atoms with Crippen molar-refractivity contribution in [2.75, 3.05) is 13.2 Å². The van der Waals surface area contributed by atoms with Gasteiger partial charge in [-0.2, -0.15) is 0 Å². The van der Waals surface area contributed by atoms with Gasteiger partial charge in [0, 0.05) is 18.9 Å². The molecule has 0 spiro atoms. The Morgan fingerprint density at radius 2 is 2.18 bits per heavy atom. The first kappa shape index (κ1) is 12.3. The second-order valence-electron chi connectivity index (χ2n) is 4.98. The first-order valence-electron chi connectivity index (χ1n) is 6.33. The van der Waals surface area contributed by atoms with Gasteiger partial charge in [-0.25, -0.2) is 0 Å². The lowest BCUT2D eigenvalue weighted by atomic mass is 9.92. The minimum Gasteiger partial charge on any atom is -0.381 e. The van der Waals surface area contributed by atoms with Gasteiger partial charge in [-0.05, 0) is 43.4 Å². The van der Waals surface area contributed by atoms with Crippen molar-refractivity contribution in [3.8, 4) is 0 Å². The summed E-state index contributed by atoms with van der Waals surface area (Å²) in [4.78, 5) is 12.1. The van der Waals surface area contributed by atoms with Crippen LogP contribution in [0.5, 0.6) is 0 Å². The highest BCUT2D eigenvalue weighted by atomic mass is 16.5. The molecule has 1 heterocycles. The van der Waals surface area contributed by atoms with E-state index in [0.29, 0.717) is 18.8 Å². The summed E-state index contributed by atoms with van der Waals surface area (Å²) in [5.74, 6) is 0.443. The van der Waals surface area contributed by atoms with Crippen molar-refractivity contribution in [3.63, 3.8) is 0 Å². The van der Waals surface area contributed by atoms with Crippen LogP contribution < -0.4 is 0 Å². The molecule has 0 N–H and O–H groups in total. The number of rotatable bonds is 3. The molecule has 0 aromatic heterocycles. The number of carbonyl (C=O) groups excluding carboxylic acids is 1. The molecule has 1 saturated heterocycles. The van der Waals surface area contributed by atoms with Gasteiger partial charge in [0.05, 0.1) is 6.61 Å². The van der Waals surface area contributed by atoms with E-state index in [-0.39, 0.29) is 5.92 Å². The molecule has 0 bridgehead atoms. The van der Waals surface area contributed by atoms with Crippen LogP contribution in [0.1, 0.15) is 29.5 Å². The summed E-state index contributed by atoms with van der Waals surface area (Å²) in [6.07, 6.45) is 2.56. The van der Waals surface area contributed by atoms with Crippen LogP contribution in [0.25, 0.3) is 0 Å². The smallest absolute Gasteiger partial charge is 0.142 e. The van der Waals surface area contributed by atoms with Crippen LogP contribution in [0.4, 0.5) is 0 Å². The van der Waals surface area contributed by atoms with Crippen LogP contribution in [0, 0.1) is 19.8 Å². The number of aryl methyl sites for hydroxylation is 2. The van der Waals surface area contributed by atoms with Gasteiger partial charge in [0.1, 0.15) is 5.78 Å². The van der Waals surface area contributed by atoms with Gasteiger partial charge in [0.15, 0.2) is 0 Å². The average molecular weight is 232 g/mol. The van der Waals surface area contributed by atoms with E-state index in [4.69, 9.17) is 4.74 Å². The van der Waals surface area contributed by atoms with Crippen molar-refractivity contribution in [1.82, 2.24) is 0 Å². The molecule has 0 aliphatic carbocycles. The van der Waals surface area contributed by atoms with Crippen molar-refractivity contribution in [1.29, 1.82) is 0 Å². The Labute approximate surface area is 103 Å². The molecule has 1 aromatic rings. The highest BCUT2D eigenvalue weighted by molar-refractivity contribution is 5.83. The van der Waals surface area contributed by atoms with Gasteiger partial charge in [-0.3, -0.25) is 4.79 Å². The molecule has 1 unspecified atom stereocenters. The highest BCUT2D eigenvalue weighted by Crippen LogP contribution is 2.18. The summed E-state index contributed by atoms with van der Waals surface area (Å²) in [7, 11) is 0. The molecule has 1 fully saturated rings. The fraction of sp³-hybridized carbons (Fsp3) is 0.533. The van der Waals surface area contributed by atoms with Crippen LogP contribution in [0.3, 0.4) is 0 Å². The fourth-order valence-corrected chi connectivity index (χ4v) is 2.25. The van der Waals surface area contributed by atoms with Gasteiger partial charge in [-0.1, -0.05) is 18.2 Å². The van der Waals surface area contributed by atoms with Crippen molar-refractivity contribution in [2.24, 2.45) is 5.92 Å². The van der Waals surface area contributed by atoms with Crippen LogP contribution >= 0.6 is 0 Å². The maximum Gasteiger partial charge on any atom is 0.142 e. The van der Waals surface area contributed by atoms with Crippen molar-refractivity contribution in [3.05, 3.63) is 34.9 Å². The number of hydrogen-bond donors (Lipinski definition) is 0. The topological polar surface area (TPSA) is 26.3 Å². The standard InChI is InChI=1S/C15H20O2/c1-11-5-6-13(8-12(11)2)9-15(16)14-4-3-7-17-10-14/h5-6,8,14H,3-4,7,9-10H2,1-2H3. The Balaban J connectivity index is 1.99. The molecule has 17 heavy (non-hydrogen) atoms. The van der Waals surface area contributed by atoms with Crippen LogP contribution in [0.2, 0.25) is 0 Å². The molecule has 2 nitrogen and oxygen atoms in total. The number of hydrogen-bond acceptors (Lipinski definition) is 2. The Kier molecular flexibility index (Phi) is 3.95. The van der Waals surface area contributed by atoms with Crippen molar-refractivity contribution < 1.29 is 9.53 Å².